The van der Waals surface area contributed by atoms with Crippen LogP contribution in [0.2, 0.25) is 5.15 Å². The Morgan fingerprint density at radius 1 is 1.16 bits per heavy atom. The van der Waals surface area contributed by atoms with Gasteiger partial charge in [0.2, 0.25) is 5.91 Å². The molecule has 156 valence electrons. The molecule has 1 aliphatic heterocycles. The van der Waals surface area contributed by atoms with Crippen LogP contribution in [0.1, 0.15) is 21.8 Å². The molecule has 5 rings (SSSR count). The zero-order chi connectivity index (χ0) is 21.2. The summed E-state index contributed by atoms with van der Waals surface area (Å²) in [6, 6.07) is 16.1. The molecule has 1 aromatic carbocycles. The molecule has 4 aromatic rings. The molecule has 1 N–H and O–H groups in total. The number of carbonyl (C=O) groups excluding carboxylic acids is 1. The summed E-state index contributed by atoms with van der Waals surface area (Å²) in [5, 5.41) is 3.87. The van der Waals surface area contributed by atoms with E-state index in [1.54, 1.807) is 17.4 Å². The Morgan fingerprint density at radius 2 is 2.00 bits per heavy atom. The van der Waals surface area contributed by atoms with E-state index in [1.165, 1.54) is 16.5 Å². The minimum absolute atomic E-state index is 0.241. The smallest absolute Gasteiger partial charge is 0.250 e. The minimum atomic E-state index is -0.241. The van der Waals surface area contributed by atoms with Gasteiger partial charge in [-0.05, 0) is 23.8 Å². The number of amides is 1. The van der Waals surface area contributed by atoms with Gasteiger partial charge in [-0.15, -0.1) is 11.3 Å². The van der Waals surface area contributed by atoms with E-state index in [9.17, 15) is 4.79 Å². The molecule has 0 radical (unpaired) electrons. The molecule has 0 unspecified atom stereocenters. The Balaban J connectivity index is 1.25. The van der Waals surface area contributed by atoms with E-state index in [0.29, 0.717) is 16.0 Å². The second-order valence-corrected chi connectivity index (χ2v) is 8.82. The number of carbonyl (C=O) groups is 1. The van der Waals surface area contributed by atoms with Crippen LogP contribution in [-0.2, 0) is 24.3 Å². The van der Waals surface area contributed by atoms with E-state index < -0.39 is 0 Å². The van der Waals surface area contributed by atoms with Crippen LogP contribution >= 0.6 is 22.9 Å². The highest BCUT2D eigenvalue weighted by Crippen LogP contribution is 2.29. The van der Waals surface area contributed by atoms with Crippen LogP contribution in [0.4, 0.5) is 5.13 Å². The quantitative estimate of drug-likeness (QED) is 0.450. The van der Waals surface area contributed by atoms with E-state index >= 15 is 0 Å². The summed E-state index contributed by atoms with van der Waals surface area (Å²) in [6.07, 6.45) is 5.89. The van der Waals surface area contributed by atoms with E-state index in [-0.39, 0.29) is 5.91 Å². The Labute approximate surface area is 188 Å². The number of pyridine rings is 1. The minimum Gasteiger partial charge on any atom is -0.299 e. The van der Waals surface area contributed by atoms with E-state index in [0.717, 1.165) is 37.4 Å². The third-order valence-electron chi connectivity index (χ3n) is 5.20. The standard InChI is InChI=1S/C23H20ClN5OS/c24-22-18(29-12-5-4-8-20(29)26-22)9-10-21(30)27-23-25-17-11-13-28(15-19(17)31-23)14-16-6-2-1-3-7-16/h1-10,12H,11,13-15H2,(H,25,27,30). The SMILES string of the molecule is O=C(C=Cc1c(Cl)nc2ccccn12)Nc1nc2c(s1)CN(Cc1ccccc1)CC2. The zero-order valence-corrected chi connectivity index (χ0v) is 18.2. The second-order valence-electron chi connectivity index (χ2n) is 7.37. The molecule has 0 saturated heterocycles. The fraction of sp³-hybridized carbons (Fsp3) is 0.174. The van der Waals surface area contributed by atoms with E-state index in [4.69, 9.17) is 11.6 Å². The first kappa shape index (κ1) is 19.9. The van der Waals surface area contributed by atoms with Gasteiger partial charge in [0.25, 0.3) is 0 Å². The van der Waals surface area contributed by atoms with Crippen LogP contribution in [-0.4, -0.2) is 31.7 Å². The molecule has 8 heteroatoms. The zero-order valence-electron chi connectivity index (χ0n) is 16.7. The summed E-state index contributed by atoms with van der Waals surface area (Å²) in [5.74, 6) is -0.241. The van der Waals surface area contributed by atoms with Gasteiger partial charge in [0.1, 0.15) is 5.65 Å². The molecule has 1 amide bonds. The third-order valence-corrected chi connectivity index (χ3v) is 6.48. The van der Waals surface area contributed by atoms with E-state index in [1.807, 2.05) is 34.9 Å². The Hall–Kier alpha value is -3.00. The van der Waals surface area contributed by atoms with Crippen molar-refractivity contribution < 1.29 is 4.79 Å². The number of hydrogen-bond acceptors (Lipinski definition) is 5. The van der Waals surface area contributed by atoms with Crippen LogP contribution in [0.3, 0.4) is 0 Å². The molecule has 3 aromatic heterocycles. The van der Waals surface area contributed by atoms with Crippen LogP contribution in [0.25, 0.3) is 11.7 Å². The first-order valence-corrected chi connectivity index (χ1v) is 11.2. The van der Waals surface area contributed by atoms with E-state index in [2.05, 4.69) is 44.5 Å². The summed E-state index contributed by atoms with van der Waals surface area (Å²) < 4.78 is 1.84. The normalized spacial score (nSPS) is 14.2. The Kier molecular flexibility index (Phi) is 5.55. The molecule has 4 heterocycles. The third kappa shape index (κ3) is 4.39. The summed E-state index contributed by atoms with van der Waals surface area (Å²) in [6.45, 7) is 2.74. The molecular formula is C23H20ClN5OS. The molecule has 0 aliphatic carbocycles. The number of anilines is 1. The fourth-order valence-electron chi connectivity index (χ4n) is 3.72. The van der Waals surface area contributed by atoms with Crippen molar-refractivity contribution in [3.05, 3.63) is 87.8 Å². The lowest BCUT2D eigenvalue weighted by Gasteiger charge is -2.25. The number of rotatable bonds is 5. The molecular weight excluding hydrogens is 430 g/mol. The molecule has 31 heavy (non-hydrogen) atoms. The van der Waals surface area contributed by atoms with Gasteiger partial charge in [0.05, 0.1) is 11.4 Å². The lowest BCUT2D eigenvalue weighted by atomic mass is 10.1. The number of halogens is 1. The first-order chi connectivity index (χ1) is 15.2. The highest BCUT2D eigenvalue weighted by molar-refractivity contribution is 7.15. The van der Waals surface area contributed by atoms with Crippen molar-refractivity contribution in [3.63, 3.8) is 0 Å². The maximum absolute atomic E-state index is 12.5. The van der Waals surface area contributed by atoms with Gasteiger partial charge in [0.15, 0.2) is 10.3 Å². The number of fused-ring (bicyclic) bond motifs is 2. The summed E-state index contributed by atoms with van der Waals surface area (Å²) in [5.41, 5.74) is 3.79. The van der Waals surface area contributed by atoms with Gasteiger partial charge in [-0.3, -0.25) is 19.4 Å². The molecule has 0 bridgehead atoms. The van der Waals surface area contributed by atoms with Crippen molar-refractivity contribution in [1.29, 1.82) is 0 Å². The monoisotopic (exact) mass is 449 g/mol. The molecule has 0 spiro atoms. The first-order valence-electron chi connectivity index (χ1n) is 10.0. The average Bonchev–Trinajstić information content (AvgIpc) is 3.31. The van der Waals surface area contributed by atoms with Crippen molar-refractivity contribution >= 4 is 45.7 Å². The maximum atomic E-state index is 12.5. The number of nitrogens with one attached hydrogen (secondary N) is 1. The predicted octanol–water partition coefficient (Wildman–Crippen LogP) is 4.65. The number of benzene rings is 1. The highest BCUT2D eigenvalue weighted by atomic mass is 35.5. The summed E-state index contributed by atoms with van der Waals surface area (Å²) >= 11 is 7.77. The molecule has 1 aliphatic rings. The lowest BCUT2D eigenvalue weighted by molar-refractivity contribution is -0.111. The van der Waals surface area contributed by atoms with Gasteiger partial charge in [-0.1, -0.05) is 48.0 Å². The number of thiazole rings is 1. The van der Waals surface area contributed by atoms with Crippen LogP contribution in [0.5, 0.6) is 0 Å². The summed E-state index contributed by atoms with van der Waals surface area (Å²) in [7, 11) is 0. The number of hydrogen-bond donors (Lipinski definition) is 1. The second kappa shape index (κ2) is 8.63. The van der Waals surface area contributed by atoms with Crippen LogP contribution in [0.15, 0.2) is 60.8 Å². The van der Waals surface area contributed by atoms with Crippen molar-refractivity contribution in [2.45, 2.75) is 19.5 Å². The van der Waals surface area contributed by atoms with Crippen molar-refractivity contribution in [2.75, 3.05) is 11.9 Å². The van der Waals surface area contributed by atoms with Crippen LogP contribution in [0, 0.1) is 0 Å². The van der Waals surface area contributed by atoms with Crippen molar-refractivity contribution in [1.82, 2.24) is 19.3 Å². The highest BCUT2D eigenvalue weighted by Gasteiger charge is 2.21. The van der Waals surface area contributed by atoms with Gasteiger partial charge in [0, 0.05) is 43.2 Å². The Morgan fingerprint density at radius 3 is 2.87 bits per heavy atom. The van der Waals surface area contributed by atoms with Gasteiger partial charge in [-0.2, -0.15) is 0 Å². The molecule has 0 saturated carbocycles. The van der Waals surface area contributed by atoms with Crippen molar-refractivity contribution in [2.24, 2.45) is 0 Å². The number of aromatic nitrogens is 3. The van der Waals surface area contributed by atoms with Crippen LogP contribution < -0.4 is 5.32 Å². The average molecular weight is 450 g/mol. The Bertz CT molecular complexity index is 1260. The number of nitrogens with zero attached hydrogens (tertiary/aromatic N) is 4. The largest absolute Gasteiger partial charge is 0.299 e. The molecule has 0 fully saturated rings. The topological polar surface area (TPSA) is 62.5 Å². The fourth-order valence-corrected chi connectivity index (χ4v) is 5.01. The van der Waals surface area contributed by atoms with Crippen molar-refractivity contribution in [3.8, 4) is 0 Å². The van der Waals surface area contributed by atoms with Gasteiger partial charge >= 0.3 is 0 Å². The molecule has 6 nitrogen and oxygen atoms in total. The van der Waals surface area contributed by atoms with Gasteiger partial charge < -0.3 is 0 Å². The summed E-state index contributed by atoms with van der Waals surface area (Å²) in [4.78, 5) is 25.0. The lowest BCUT2D eigenvalue weighted by Crippen LogP contribution is -2.29. The predicted molar refractivity (Wildman–Crippen MR) is 124 cm³/mol. The molecule has 0 atom stereocenters. The van der Waals surface area contributed by atoms with Gasteiger partial charge in [-0.25, -0.2) is 9.97 Å². The maximum Gasteiger partial charge on any atom is 0.250 e. The number of imidazole rings is 1.